The van der Waals surface area contributed by atoms with Crippen molar-refractivity contribution in [1.29, 1.82) is 0 Å². The Morgan fingerprint density at radius 1 is 1.31 bits per heavy atom. The Bertz CT molecular complexity index is 323. The van der Waals surface area contributed by atoms with Gasteiger partial charge in [0.25, 0.3) is 0 Å². The summed E-state index contributed by atoms with van der Waals surface area (Å²) in [7, 11) is 4.04. The van der Waals surface area contributed by atoms with Gasteiger partial charge in [-0.1, -0.05) is 13.8 Å². The predicted octanol–water partition coefficient (Wildman–Crippen LogP) is 2.99. The molecular formula is C13H23N3. The molecule has 90 valence electrons. The fourth-order valence-corrected chi connectivity index (χ4v) is 1.85. The smallest absolute Gasteiger partial charge is 0.0573 e. The summed E-state index contributed by atoms with van der Waals surface area (Å²) in [5.74, 6) is 0.720. The molecule has 1 heterocycles. The van der Waals surface area contributed by atoms with Gasteiger partial charge in [0.2, 0.25) is 0 Å². The number of aromatic nitrogens is 1. The number of nitrogens with one attached hydrogen (secondary N) is 1. The van der Waals surface area contributed by atoms with Crippen LogP contribution in [0.2, 0.25) is 0 Å². The molecule has 1 atom stereocenters. The van der Waals surface area contributed by atoms with Crippen LogP contribution < -0.4 is 10.2 Å². The highest BCUT2D eigenvalue weighted by molar-refractivity contribution is 5.55. The van der Waals surface area contributed by atoms with Gasteiger partial charge in [-0.05, 0) is 25.3 Å². The van der Waals surface area contributed by atoms with Gasteiger partial charge in [-0.2, -0.15) is 0 Å². The van der Waals surface area contributed by atoms with Crippen molar-refractivity contribution in [3.8, 4) is 0 Å². The monoisotopic (exact) mass is 221 g/mol. The Labute approximate surface area is 98.9 Å². The highest BCUT2D eigenvalue weighted by atomic mass is 15.1. The molecule has 0 saturated carbocycles. The Morgan fingerprint density at radius 2 is 2.00 bits per heavy atom. The van der Waals surface area contributed by atoms with Crippen LogP contribution in [-0.2, 0) is 0 Å². The SMILES string of the molecule is CNc1cncc(N(C)C(C)CC(C)C)c1. The zero-order valence-electron chi connectivity index (χ0n) is 11.0. The van der Waals surface area contributed by atoms with Gasteiger partial charge in [-0.25, -0.2) is 0 Å². The molecule has 1 unspecified atom stereocenters. The van der Waals surface area contributed by atoms with Crippen molar-refractivity contribution < 1.29 is 0 Å². The number of anilines is 2. The van der Waals surface area contributed by atoms with E-state index in [4.69, 9.17) is 0 Å². The number of pyridine rings is 1. The lowest BCUT2D eigenvalue weighted by atomic mass is 10.0. The first kappa shape index (κ1) is 12.8. The largest absolute Gasteiger partial charge is 0.387 e. The highest BCUT2D eigenvalue weighted by Gasteiger charge is 2.12. The zero-order valence-corrected chi connectivity index (χ0v) is 11.0. The van der Waals surface area contributed by atoms with E-state index in [9.17, 15) is 0 Å². The van der Waals surface area contributed by atoms with Crippen LogP contribution >= 0.6 is 0 Å². The van der Waals surface area contributed by atoms with E-state index in [0.717, 1.165) is 11.6 Å². The van der Waals surface area contributed by atoms with Gasteiger partial charge >= 0.3 is 0 Å². The number of rotatable bonds is 5. The normalized spacial score (nSPS) is 12.6. The lowest BCUT2D eigenvalue weighted by molar-refractivity contribution is 0.504. The van der Waals surface area contributed by atoms with E-state index < -0.39 is 0 Å². The third-order valence-electron chi connectivity index (χ3n) is 2.89. The minimum Gasteiger partial charge on any atom is -0.387 e. The Kier molecular flexibility index (Phi) is 4.59. The molecule has 0 amide bonds. The molecular weight excluding hydrogens is 198 g/mol. The van der Waals surface area contributed by atoms with Gasteiger partial charge in [0.05, 0.1) is 23.8 Å². The van der Waals surface area contributed by atoms with Gasteiger partial charge in [-0.15, -0.1) is 0 Å². The van der Waals surface area contributed by atoms with Crippen molar-refractivity contribution in [2.75, 3.05) is 24.3 Å². The number of hydrogen-bond acceptors (Lipinski definition) is 3. The maximum atomic E-state index is 4.23. The Hall–Kier alpha value is -1.25. The average Bonchev–Trinajstić information content (AvgIpc) is 2.27. The van der Waals surface area contributed by atoms with Crippen LogP contribution in [0.1, 0.15) is 27.2 Å². The van der Waals surface area contributed by atoms with E-state index >= 15 is 0 Å². The molecule has 0 aromatic carbocycles. The molecule has 1 rings (SSSR count). The molecule has 16 heavy (non-hydrogen) atoms. The van der Waals surface area contributed by atoms with Crippen molar-refractivity contribution in [2.24, 2.45) is 5.92 Å². The molecule has 0 aliphatic heterocycles. The van der Waals surface area contributed by atoms with Crippen molar-refractivity contribution >= 4 is 11.4 Å². The van der Waals surface area contributed by atoms with E-state index in [1.54, 1.807) is 0 Å². The molecule has 3 heteroatoms. The van der Waals surface area contributed by atoms with E-state index in [1.165, 1.54) is 12.1 Å². The molecule has 1 aromatic heterocycles. The van der Waals surface area contributed by atoms with Crippen LogP contribution in [-0.4, -0.2) is 25.1 Å². The van der Waals surface area contributed by atoms with Crippen molar-refractivity contribution in [3.05, 3.63) is 18.5 Å². The molecule has 0 saturated heterocycles. The molecule has 0 aliphatic carbocycles. The summed E-state index contributed by atoms with van der Waals surface area (Å²) in [6.45, 7) is 6.77. The zero-order chi connectivity index (χ0) is 12.1. The van der Waals surface area contributed by atoms with Gasteiger partial charge in [0.1, 0.15) is 0 Å². The first-order valence-corrected chi connectivity index (χ1v) is 5.90. The van der Waals surface area contributed by atoms with Crippen LogP contribution in [0.4, 0.5) is 11.4 Å². The van der Waals surface area contributed by atoms with E-state index in [-0.39, 0.29) is 0 Å². The van der Waals surface area contributed by atoms with Gasteiger partial charge in [0.15, 0.2) is 0 Å². The van der Waals surface area contributed by atoms with Crippen molar-refractivity contribution in [3.63, 3.8) is 0 Å². The second kappa shape index (κ2) is 5.73. The topological polar surface area (TPSA) is 28.2 Å². The molecule has 1 aromatic rings. The van der Waals surface area contributed by atoms with E-state index in [1.807, 2.05) is 19.4 Å². The molecule has 0 fully saturated rings. The van der Waals surface area contributed by atoms with E-state index in [2.05, 4.69) is 49.1 Å². The Balaban J connectivity index is 2.74. The summed E-state index contributed by atoms with van der Waals surface area (Å²) < 4.78 is 0. The summed E-state index contributed by atoms with van der Waals surface area (Å²) in [6.07, 6.45) is 4.95. The highest BCUT2D eigenvalue weighted by Crippen LogP contribution is 2.20. The molecule has 0 bridgehead atoms. The number of nitrogens with zero attached hydrogens (tertiary/aromatic N) is 2. The Morgan fingerprint density at radius 3 is 2.56 bits per heavy atom. The second-order valence-electron chi connectivity index (χ2n) is 4.77. The molecule has 1 N–H and O–H groups in total. The molecule has 3 nitrogen and oxygen atoms in total. The van der Waals surface area contributed by atoms with Crippen LogP contribution in [0.3, 0.4) is 0 Å². The average molecular weight is 221 g/mol. The first-order valence-electron chi connectivity index (χ1n) is 5.90. The summed E-state index contributed by atoms with van der Waals surface area (Å²) >= 11 is 0. The maximum absolute atomic E-state index is 4.23. The maximum Gasteiger partial charge on any atom is 0.0573 e. The summed E-state index contributed by atoms with van der Waals surface area (Å²) in [6, 6.07) is 2.66. The quantitative estimate of drug-likeness (QED) is 0.828. The molecule has 0 spiro atoms. The van der Waals surface area contributed by atoms with Crippen LogP contribution in [0, 0.1) is 5.92 Å². The van der Waals surface area contributed by atoms with Crippen LogP contribution in [0.5, 0.6) is 0 Å². The van der Waals surface area contributed by atoms with Crippen LogP contribution in [0.15, 0.2) is 18.5 Å². The first-order chi connectivity index (χ1) is 7.54. The van der Waals surface area contributed by atoms with Gasteiger partial charge < -0.3 is 10.2 Å². The lowest BCUT2D eigenvalue weighted by Gasteiger charge is -2.28. The number of hydrogen-bond donors (Lipinski definition) is 1. The standard InChI is InChI=1S/C13H23N3/c1-10(2)6-11(3)16(5)13-7-12(14-4)8-15-9-13/h7-11,14H,6H2,1-5H3. The molecule has 0 aliphatic rings. The minimum absolute atomic E-state index is 0.536. The van der Waals surface area contributed by atoms with Crippen molar-refractivity contribution in [1.82, 2.24) is 4.98 Å². The fraction of sp³-hybridized carbons (Fsp3) is 0.615. The lowest BCUT2D eigenvalue weighted by Crippen LogP contribution is -2.30. The molecule has 0 radical (unpaired) electrons. The summed E-state index contributed by atoms with van der Waals surface area (Å²) in [5.41, 5.74) is 2.22. The predicted molar refractivity (Wildman–Crippen MR) is 71.1 cm³/mol. The van der Waals surface area contributed by atoms with Crippen LogP contribution in [0.25, 0.3) is 0 Å². The summed E-state index contributed by atoms with van der Waals surface area (Å²) in [4.78, 5) is 6.52. The second-order valence-corrected chi connectivity index (χ2v) is 4.77. The van der Waals surface area contributed by atoms with Gasteiger partial charge in [-0.3, -0.25) is 4.98 Å². The third kappa shape index (κ3) is 3.40. The summed E-state index contributed by atoms with van der Waals surface area (Å²) in [5, 5.41) is 3.11. The fourth-order valence-electron chi connectivity index (χ4n) is 1.85. The van der Waals surface area contributed by atoms with E-state index in [0.29, 0.717) is 6.04 Å². The van der Waals surface area contributed by atoms with Crippen molar-refractivity contribution in [2.45, 2.75) is 33.2 Å². The van der Waals surface area contributed by atoms with Gasteiger partial charge in [0, 0.05) is 20.1 Å². The third-order valence-corrected chi connectivity index (χ3v) is 2.89. The minimum atomic E-state index is 0.536.